The molecule has 0 saturated carbocycles. The van der Waals surface area contributed by atoms with Crippen molar-refractivity contribution in [2.75, 3.05) is 0 Å². The lowest BCUT2D eigenvalue weighted by atomic mass is 10.0. The number of halogens is 1. The summed E-state index contributed by atoms with van der Waals surface area (Å²) in [5.74, 6) is 0.812. The van der Waals surface area contributed by atoms with Crippen LogP contribution < -0.4 is 5.73 Å². The number of imidazole rings is 1. The highest BCUT2D eigenvalue weighted by molar-refractivity contribution is 5.23. The number of nitrogens with two attached hydrogens (primary N) is 1. The van der Waals surface area contributed by atoms with Crippen molar-refractivity contribution >= 4 is 0 Å². The van der Waals surface area contributed by atoms with E-state index in [0.717, 1.165) is 24.2 Å². The van der Waals surface area contributed by atoms with Gasteiger partial charge in [-0.3, -0.25) is 0 Å². The maximum absolute atomic E-state index is 13.0. The van der Waals surface area contributed by atoms with Crippen LogP contribution in [0.2, 0.25) is 0 Å². The minimum absolute atomic E-state index is 0.130. The number of benzene rings is 1. The molecule has 1 heterocycles. The summed E-state index contributed by atoms with van der Waals surface area (Å²) in [6.45, 7) is 2.75. The molecule has 2 aromatic rings. The summed E-state index contributed by atoms with van der Waals surface area (Å²) in [5.41, 5.74) is 9.80. The molecule has 0 aliphatic heterocycles. The van der Waals surface area contributed by atoms with E-state index in [1.54, 1.807) is 12.1 Å². The SMILES string of the molecule is Cc1nc2c(n1CC(N)c1ccc(F)cc1)CCCC2. The quantitative estimate of drug-likeness (QED) is 0.934. The van der Waals surface area contributed by atoms with Crippen molar-refractivity contribution in [2.45, 2.75) is 45.2 Å². The molecule has 0 bridgehead atoms. The zero-order valence-corrected chi connectivity index (χ0v) is 11.8. The van der Waals surface area contributed by atoms with Crippen molar-refractivity contribution in [3.05, 3.63) is 52.9 Å². The van der Waals surface area contributed by atoms with Crippen LogP contribution in [0, 0.1) is 12.7 Å². The molecule has 1 aliphatic carbocycles. The van der Waals surface area contributed by atoms with Crippen molar-refractivity contribution < 1.29 is 4.39 Å². The molecule has 1 unspecified atom stereocenters. The van der Waals surface area contributed by atoms with E-state index in [4.69, 9.17) is 5.73 Å². The second kappa shape index (κ2) is 5.37. The third kappa shape index (κ3) is 2.48. The number of hydrogen-bond donors (Lipinski definition) is 1. The molecule has 1 aromatic carbocycles. The number of hydrogen-bond acceptors (Lipinski definition) is 2. The molecule has 3 rings (SSSR count). The lowest BCUT2D eigenvalue weighted by molar-refractivity contribution is 0.531. The Balaban J connectivity index is 1.84. The van der Waals surface area contributed by atoms with Gasteiger partial charge in [-0.05, 0) is 50.3 Å². The van der Waals surface area contributed by atoms with E-state index in [1.807, 2.05) is 6.92 Å². The number of rotatable bonds is 3. The zero-order valence-electron chi connectivity index (χ0n) is 11.8. The first kappa shape index (κ1) is 13.3. The normalized spacial score (nSPS) is 15.9. The van der Waals surface area contributed by atoms with Crippen molar-refractivity contribution in [1.82, 2.24) is 9.55 Å². The predicted molar refractivity (Wildman–Crippen MR) is 76.9 cm³/mol. The van der Waals surface area contributed by atoms with Crippen molar-refractivity contribution in [3.63, 3.8) is 0 Å². The number of fused-ring (bicyclic) bond motifs is 1. The van der Waals surface area contributed by atoms with E-state index in [-0.39, 0.29) is 11.9 Å². The lowest BCUT2D eigenvalue weighted by Gasteiger charge is -2.18. The molecule has 1 aliphatic rings. The maximum atomic E-state index is 13.0. The van der Waals surface area contributed by atoms with E-state index in [9.17, 15) is 4.39 Å². The van der Waals surface area contributed by atoms with Crippen LogP contribution in [0.1, 0.15) is 41.7 Å². The van der Waals surface area contributed by atoms with Gasteiger partial charge >= 0.3 is 0 Å². The average molecular weight is 273 g/mol. The average Bonchev–Trinajstić information content (AvgIpc) is 2.76. The molecule has 0 fully saturated rings. The molecular formula is C16H20FN3. The van der Waals surface area contributed by atoms with E-state index >= 15 is 0 Å². The lowest BCUT2D eigenvalue weighted by Crippen LogP contribution is -2.20. The first-order valence-electron chi connectivity index (χ1n) is 7.21. The molecule has 0 amide bonds. The fourth-order valence-electron chi connectivity index (χ4n) is 2.99. The second-order valence-corrected chi connectivity index (χ2v) is 5.53. The fourth-order valence-corrected chi connectivity index (χ4v) is 2.99. The van der Waals surface area contributed by atoms with Crippen molar-refractivity contribution in [2.24, 2.45) is 5.73 Å². The Labute approximate surface area is 118 Å². The van der Waals surface area contributed by atoms with Gasteiger partial charge in [0, 0.05) is 18.3 Å². The highest BCUT2D eigenvalue weighted by atomic mass is 19.1. The minimum atomic E-state index is -0.225. The van der Waals surface area contributed by atoms with Gasteiger partial charge in [0.25, 0.3) is 0 Å². The van der Waals surface area contributed by atoms with Gasteiger partial charge in [-0.15, -0.1) is 0 Å². The molecule has 3 nitrogen and oxygen atoms in total. The highest BCUT2D eigenvalue weighted by Crippen LogP contribution is 2.24. The largest absolute Gasteiger partial charge is 0.330 e. The maximum Gasteiger partial charge on any atom is 0.123 e. The van der Waals surface area contributed by atoms with Crippen LogP contribution in [0.3, 0.4) is 0 Å². The Morgan fingerprint density at radius 3 is 2.70 bits per heavy atom. The van der Waals surface area contributed by atoms with Crippen LogP contribution in [0.4, 0.5) is 4.39 Å². The standard InChI is InChI=1S/C16H20FN3/c1-11-19-15-4-2-3-5-16(15)20(11)10-14(18)12-6-8-13(17)9-7-12/h6-9,14H,2-5,10,18H2,1H3. The van der Waals surface area contributed by atoms with Crippen LogP contribution in [-0.4, -0.2) is 9.55 Å². The van der Waals surface area contributed by atoms with Crippen LogP contribution in [0.25, 0.3) is 0 Å². The first-order valence-corrected chi connectivity index (χ1v) is 7.21. The predicted octanol–water partition coefficient (Wildman–Crippen LogP) is 2.91. The summed E-state index contributed by atoms with van der Waals surface area (Å²) < 4.78 is 15.2. The Morgan fingerprint density at radius 2 is 1.95 bits per heavy atom. The molecule has 0 saturated heterocycles. The topological polar surface area (TPSA) is 43.8 Å². The Morgan fingerprint density at radius 1 is 1.25 bits per heavy atom. The smallest absolute Gasteiger partial charge is 0.123 e. The van der Waals surface area contributed by atoms with Gasteiger partial charge in [0.15, 0.2) is 0 Å². The zero-order chi connectivity index (χ0) is 14.1. The third-order valence-electron chi connectivity index (χ3n) is 4.10. The molecule has 0 radical (unpaired) electrons. The molecule has 1 atom stereocenters. The van der Waals surface area contributed by atoms with E-state index in [2.05, 4.69) is 9.55 Å². The van der Waals surface area contributed by atoms with Gasteiger partial charge in [-0.1, -0.05) is 12.1 Å². The molecule has 0 spiro atoms. The first-order chi connectivity index (χ1) is 9.65. The summed E-state index contributed by atoms with van der Waals surface area (Å²) in [5, 5.41) is 0. The molecular weight excluding hydrogens is 253 g/mol. The van der Waals surface area contributed by atoms with Crippen LogP contribution in [0.15, 0.2) is 24.3 Å². The summed E-state index contributed by atoms with van der Waals surface area (Å²) in [6.07, 6.45) is 4.62. The molecule has 2 N–H and O–H groups in total. The van der Waals surface area contributed by atoms with Crippen molar-refractivity contribution in [1.29, 1.82) is 0 Å². The number of aryl methyl sites for hydroxylation is 2. The monoisotopic (exact) mass is 273 g/mol. The number of nitrogens with zero attached hydrogens (tertiary/aromatic N) is 2. The summed E-state index contributed by atoms with van der Waals surface area (Å²) in [6, 6.07) is 6.32. The molecule has 1 aromatic heterocycles. The van der Waals surface area contributed by atoms with E-state index in [1.165, 1.54) is 36.4 Å². The summed E-state index contributed by atoms with van der Waals surface area (Å²) in [4.78, 5) is 4.66. The van der Waals surface area contributed by atoms with Gasteiger partial charge in [-0.25, -0.2) is 9.37 Å². The van der Waals surface area contributed by atoms with Gasteiger partial charge < -0.3 is 10.3 Å². The third-order valence-corrected chi connectivity index (χ3v) is 4.10. The minimum Gasteiger partial charge on any atom is -0.330 e. The molecule has 4 heteroatoms. The van der Waals surface area contributed by atoms with E-state index < -0.39 is 0 Å². The van der Waals surface area contributed by atoms with Crippen molar-refractivity contribution in [3.8, 4) is 0 Å². The van der Waals surface area contributed by atoms with Crippen LogP contribution in [-0.2, 0) is 19.4 Å². The van der Waals surface area contributed by atoms with Crippen LogP contribution in [0.5, 0.6) is 0 Å². The Bertz CT molecular complexity index is 601. The number of aromatic nitrogens is 2. The highest BCUT2D eigenvalue weighted by Gasteiger charge is 2.19. The van der Waals surface area contributed by atoms with E-state index in [0.29, 0.717) is 6.54 Å². The Hall–Kier alpha value is -1.68. The van der Waals surface area contributed by atoms with Gasteiger partial charge in [0.05, 0.1) is 5.69 Å². The van der Waals surface area contributed by atoms with Gasteiger partial charge in [0.2, 0.25) is 0 Å². The Kier molecular flexibility index (Phi) is 3.57. The fraction of sp³-hybridized carbons (Fsp3) is 0.438. The summed E-state index contributed by atoms with van der Waals surface area (Å²) >= 11 is 0. The van der Waals surface area contributed by atoms with Gasteiger partial charge in [0.1, 0.15) is 11.6 Å². The molecule has 20 heavy (non-hydrogen) atoms. The summed E-state index contributed by atoms with van der Waals surface area (Å²) in [7, 11) is 0. The van der Waals surface area contributed by atoms with Crippen LogP contribution >= 0.6 is 0 Å². The van der Waals surface area contributed by atoms with Gasteiger partial charge in [-0.2, -0.15) is 0 Å². The molecule has 106 valence electrons. The second-order valence-electron chi connectivity index (χ2n) is 5.53.